The highest BCUT2D eigenvalue weighted by molar-refractivity contribution is 7.89. The minimum atomic E-state index is -3.82. The number of hydrogen-bond donors (Lipinski definition) is 2. The molecule has 3 N–H and O–H groups in total. The molecule has 0 heterocycles. The molecule has 2 rings (SSSR count). The minimum Gasteiger partial charge on any atom is -0.324 e. The number of nitrogens with one attached hydrogen (secondary N) is 1. The van der Waals surface area contributed by atoms with E-state index in [1.165, 1.54) is 31.2 Å². The first-order valence-electron chi connectivity index (χ1n) is 7.27. The van der Waals surface area contributed by atoms with Crippen molar-refractivity contribution in [2.45, 2.75) is 17.9 Å². The van der Waals surface area contributed by atoms with E-state index in [1.54, 1.807) is 24.3 Å². The van der Waals surface area contributed by atoms with E-state index < -0.39 is 27.8 Å². The Morgan fingerprint density at radius 3 is 2.15 bits per heavy atom. The summed E-state index contributed by atoms with van der Waals surface area (Å²) in [5.74, 6) is -1.15. The number of carbonyl (C=O) groups is 2. The van der Waals surface area contributed by atoms with E-state index >= 15 is 0 Å². The van der Waals surface area contributed by atoms with Gasteiger partial charge in [0, 0.05) is 10.7 Å². The molecule has 0 spiro atoms. The van der Waals surface area contributed by atoms with Gasteiger partial charge in [-0.2, -0.15) is 10.2 Å². The van der Waals surface area contributed by atoms with Gasteiger partial charge in [0.2, 0.25) is 16.1 Å². The van der Waals surface area contributed by atoms with Crippen molar-refractivity contribution >= 4 is 44.7 Å². The Morgan fingerprint density at radius 2 is 1.65 bits per heavy atom. The molecule has 10 heteroatoms. The van der Waals surface area contributed by atoms with Crippen LogP contribution in [0.5, 0.6) is 0 Å². The Kier molecular flexibility index (Phi) is 6.19. The van der Waals surface area contributed by atoms with Crippen molar-refractivity contribution < 1.29 is 18.0 Å². The Morgan fingerprint density at radius 1 is 1.08 bits per heavy atom. The van der Waals surface area contributed by atoms with E-state index in [9.17, 15) is 18.0 Å². The maximum atomic E-state index is 12.2. The fourth-order valence-corrected chi connectivity index (χ4v) is 2.53. The fraction of sp³-hybridized carbons (Fsp3) is 0.125. The summed E-state index contributed by atoms with van der Waals surface area (Å²) in [5, 5.41) is 15.6. The third kappa shape index (κ3) is 5.45. The second kappa shape index (κ2) is 8.17. The molecule has 8 nitrogen and oxygen atoms in total. The van der Waals surface area contributed by atoms with Gasteiger partial charge in [0.05, 0.1) is 10.6 Å². The summed E-state index contributed by atoms with van der Waals surface area (Å²) in [5.41, 5.74) is 0.723. The summed E-state index contributed by atoms with van der Waals surface area (Å²) in [6.45, 7) is 1.22. The molecule has 0 bridgehead atoms. The molecule has 2 aromatic carbocycles. The summed E-state index contributed by atoms with van der Waals surface area (Å²) in [4.78, 5) is 23.9. The van der Waals surface area contributed by atoms with Crippen LogP contribution in [0.25, 0.3) is 0 Å². The Hall–Kier alpha value is -2.62. The minimum absolute atomic E-state index is 0.0833. The second-order valence-corrected chi connectivity index (χ2v) is 7.26. The molecule has 136 valence electrons. The van der Waals surface area contributed by atoms with E-state index in [1.807, 2.05) is 0 Å². The second-order valence-electron chi connectivity index (χ2n) is 5.26. The van der Waals surface area contributed by atoms with E-state index in [2.05, 4.69) is 15.5 Å². The van der Waals surface area contributed by atoms with Gasteiger partial charge in [-0.05, 0) is 55.5 Å². The molecule has 0 unspecified atom stereocenters. The summed E-state index contributed by atoms with van der Waals surface area (Å²) in [6.07, 6.45) is 0. The maximum Gasteiger partial charge on any atom is 0.258 e. The van der Waals surface area contributed by atoms with Crippen molar-refractivity contribution in [2.24, 2.45) is 15.4 Å². The van der Waals surface area contributed by atoms with Crippen LogP contribution in [-0.4, -0.2) is 26.2 Å². The molecule has 0 aliphatic carbocycles. The molecule has 0 aliphatic rings. The first-order valence-corrected chi connectivity index (χ1v) is 9.20. The van der Waals surface area contributed by atoms with Crippen LogP contribution in [-0.2, 0) is 19.6 Å². The van der Waals surface area contributed by atoms with Crippen molar-refractivity contribution in [3.8, 4) is 0 Å². The van der Waals surface area contributed by atoms with Gasteiger partial charge in [0.15, 0.2) is 5.78 Å². The Labute approximate surface area is 155 Å². The quantitative estimate of drug-likeness (QED) is 0.575. The number of primary sulfonamides is 1. The zero-order valence-corrected chi connectivity index (χ0v) is 15.2. The number of carbonyl (C=O) groups excluding carboxylic acids is 2. The van der Waals surface area contributed by atoms with Crippen LogP contribution >= 0.6 is 11.6 Å². The van der Waals surface area contributed by atoms with Crippen LogP contribution in [0, 0.1) is 0 Å². The van der Waals surface area contributed by atoms with Crippen molar-refractivity contribution in [2.75, 3.05) is 5.32 Å². The van der Waals surface area contributed by atoms with Crippen molar-refractivity contribution in [1.82, 2.24) is 0 Å². The lowest BCUT2D eigenvalue weighted by Crippen LogP contribution is -2.31. The van der Waals surface area contributed by atoms with Crippen LogP contribution in [0.1, 0.15) is 6.92 Å². The van der Waals surface area contributed by atoms with Gasteiger partial charge >= 0.3 is 0 Å². The number of amides is 1. The van der Waals surface area contributed by atoms with Gasteiger partial charge < -0.3 is 5.32 Å². The van der Waals surface area contributed by atoms with Gasteiger partial charge in [-0.1, -0.05) is 11.6 Å². The van der Waals surface area contributed by atoms with Gasteiger partial charge in [-0.3, -0.25) is 9.59 Å². The number of azo groups is 1. The van der Waals surface area contributed by atoms with Crippen molar-refractivity contribution in [3.05, 3.63) is 53.6 Å². The molecule has 0 saturated heterocycles. The first-order chi connectivity index (χ1) is 12.2. The van der Waals surface area contributed by atoms with E-state index in [4.69, 9.17) is 16.7 Å². The van der Waals surface area contributed by atoms with Crippen LogP contribution in [0.4, 0.5) is 11.4 Å². The highest BCUT2D eigenvalue weighted by atomic mass is 35.5. The largest absolute Gasteiger partial charge is 0.324 e. The average Bonchev–Trinajstić information content (AvgIpc) is 2.56. The number of benzene rings is 2. The monoisotopic (exact) mass is 394 g/mol. The van der Waals surface area contributed by atoms with Gasteiger partial charge in [0.25, 0.3) is 5.91 Å². The highest BCUT2D eigenvalue weighted by Gasteiger charge is 2.23. The lowest BCUT2D eigenvalue weighted by molar-refractivity contribution is -0.126. The SMILES string of the molecule is CC(=O)[C@H](N=Nc1ccc(S(N)(=O)=O)cc1)C(=O)Nc1ccc(Cl)cc1. The molecule has 26 heavy (non-hydrogen) atoms. The number of Topliss-reactive ketones (excluding diaryl/α,β-unsaturated/α-hetero) is 1. The number of ketones is 1. The maximum absolute atomic E-state index is 12.2. The third-order valence-corrected chi connectivity index (χ3v) is 4.38. The zero-order valence-electron chi connectivity index (χ0n) is 13.6. The van der Waals surface area contributed by atoms with Crippen LogP contribution in [0.15, 0.2) is 63.7 Å². The molecule has 0 aliphatic heterocycles. The molecule has 0 radical (unpaired) electrons. The number of nitrogens with two attached hydrogens (primary N) is 1. The number of anilines is 1. The molecule has 0 saturated carbocycles. The molecule has 1 amide bonds. The smallest absolute Gasteiger partial charge is 0.258 e. The molecular weight excluding hydrogens is 380 g/mol. The van der Waals surface area contributed by atoms with E-state index in [0.717, 1.165) is 0 Å². The Balaban J connectivity index is 2.14. The average molecular weight is 395 g/mol. The predicted molar refractivity (Wildman–Crippen MR) is 96.9 cm³/mol. The lowest BCUT2D eigenvalue weighted by Gasteiger charge is -2.09. The van der Waals surface area contributed by atoms with Crippen LogP contribution in [0.2, 0.25) is 5.02 Å². The van der Waals surface area contributed by atoms with Gasteiger partial charge in [0.1, 0.15) is 0 Å². The summed E-state index contributed by atoms with van der Waals surface area (Å²) in [7, 11) is -3.82. The van der Waals surface area contributed by atoms with Crippen molar-refractivity contribution in [1.29, 1.82) is 0 Å². The molecule has 0 aromatic heterocycles. The Bertz CT molecular complexity index is 941. The molecular formula is C16H15ClN4O4S. The lowest BCUT2D eigenvalue weighted by atomic mass is 10.2. The van der Waals surface area contributed by atoms with Crippen LogP contribution < -0.4 is 10.5 Å². The summed E-state index contributed by atoms with van der Waals surface area (Å²) in [6, 6.07) is 10.2. The summed E-state index contributed by atoms with van der Waals surface area (Å²) >= 11 is 5.77. The topological polar surface area (TPSA) is 131 Å². The van der Waals surface area contributed by atoms with E-state index in [-0.39, 0.29) is 10.6 Å². The molecule has 2 aromatic rings. The normalized spacial score (nSPS) is 12.7. The van der Waals surface area contributed by atoms with E-state index in [0.29, 0.717) is 10.7 Å². The van der Waals surface area contributed by atoms with Crippen molar-refractivity contribution in [3.63, 3.8) is 0 Å². The molecule has 0 fully saturated rings. The standard InChI is InChI=1S/C16H15ClN4O4S/c1-10(22)15(16(23)19-12-4-2-11(17)3-5-12)21-20-13-6-8-14(9-7-13)26(18,24)25/h2-9,15H,1H3,(H,19,23)(H2,18,24,25)/t15-/m0/s1. The number of sulfonamides is 1. The van der Waals surface area contributed by atoms with Gasteiger partial charge in [-0.15, -0.1) is 0 Å². The number of nitrogens with zero attached hydrogens (tertiary/aromatic N) is 2. The first kappa shape index (κ1) is 19.7. The summed E-state index contributed by atoms with van der Waals surface area (Å²) < 4.78 is 22.4. The number of rotatable bonds is 6. The highest BCUT2D eigenvalue weighted by Crippen LogP contribution is 2.18. The number of hydrogen-bond acceptors (Lipinski definition) is 6. The van der Waals surface area contributed by atoms with Crippen LogP contribution in [0.3, 0.4) is 0 Å². The van der Waals surface area contributed by atoms with Gasteiger partial charge in [-0.25, -0.2) is 13.6 Å². The predicted octanol–water partition coefficient (Wildman–Crippen LogP) is 2.67. The zero-order chi connectivity index (χ0) is 19.3. The third-order valence-electron chi connectivity index (χ3n) is 3.20. The number of halogens is 1. The fourth-order valence-electron chi connectivity index (χ4n) is 1.89. The molecule has 1 atom stereocenters.